The van der Waals surface area contributed by atoms with Gasteiger partial charge in [0.25, 0.3) is 0 Å². The quantitative estimate of drug-likeness (QED) is 0.686. The third-order valence-electron chi connectivity index (χ3n) is 2.11. The summed E-state index contributed by atoms with van der Waals surface area (Å²) in [5.74, 6) is 6.03. The molecule has 0 atom stereocenters. The number of nitrogens with two attached hydrogens (primary N) is 1. The molecule has 0 aromatic heterocycles. The summed E-state index contributed by atoms with van der Waals surface area (Å²) >= 11 is 0. The van der Waals surface area contributed by atoms with E-state index in [9.17, 15) is 0 Å². The summed E-state index contributed by atoms with van der Waals surface area (Å²) in [5, 5.41) is 9.05. The van der Waals surface area contributed by atoms with Crippen LogP contribution in [0, 0.1) is 18.8 Å². The van der Waals surface area contributed by atoms with Gasteiger partial charge in [-0.1, -0.05) is 24.0 Å². The summed E-state index contributed by atoms with van der Waals surface area (Å²) in [6.07, 6.45) is 0.711. The second-order valence-corrected chi connectivity index (χ2v) is 3.09. The van der Waals surface area contributed by atoms with Crippen molar-refractivity contribution in [2.24, 2.45) is 5.73 Å². The average Bonchev–Trinajstić information content (AvgIpc) is 2.21. The molecule has 2 nitrogen and oxygen atoms in total. The summed E-state index contributed by atoms with van der Waals surface area (Å²) in [5.41, 5.74) is 8.31. The molecule has 0 saturated heterocycles. The first-order valence-corrected chi connectivity index (χ1v) is 4.68. The van der Waals surface area contributed by atoms with Crippen molar-refractivity contribution in [2.75, 3.05) is 6.54 Å². The molecule has 0 aliphatic carbocycles. The fourth-order valence-corrected chi connectivity index (χ4v) is 1.22. The Bertz CT molecular complexity index is 360. The molecule has 0 amide bonds. The second kappa shape index (κ2) is 5.43. The molecule has 0 aliphatic rings. The third-order valence-corrected chi connectivity index (χ3v) is 2.11. The number of hydrogen-bond donors (Lipinski definition) is 2. The lowest BCUT2D eigenvalue weighted by atomic mass is 10.0. The molecule has 2 heteroatoms. The zero-order valence-corrected chi connectivity index (χ0v) is 8.38. The monoisotopic (exact) mass is 189 g/mol. The highest BCUT2D eigenvalue weighted by Crippen LogP contribution is 2.12. The molecule has 0 bridgehead atoms. The van der Waals surface area contributed by atoms with Gasteiger partial charge in [-0.15, -0.1) is 0 Å². The Morgan fingerprint density at radius 3 is 2.86 bits per heavy atom. The summed E-state index contributed by atoms with van der Waals surface area (Å²) in [6, 6.07) is 5.77. The standard InChI is InChI=1S/C12H15NO/c1-10-11(5-2-3-8-13)6-4-7-12(10)9-14/h4,6-7,14H,3,8-9,13H2,1H3. The summed E-state index contributed by atoms with van der Waals surface area (Å²) < 4.78 is 0. The highest BCUT2D eigenvalue weighted by molar-refractivity contribution is 5.44. The molecule has 3 N–H and O–H groups in total. The van der Waals surface area contributed by atoms with Crippen molar-refractivity contribution in [2.45, 2.75) is 20.0 Å². The van der Waals surface area contributed by atoms with Gasteiger partial charge < -0.3 is 10.8 Å². The van der Waals surface area contributed by atoms with Crippen LogP contribution in [0.4, 0.5) is 0 Å². The van der Waals surface area contributed by atoms with Gasteiger partial charge in [0.05, 0.1) is 6.61 Å². The zero-order valence-electron chi connectivity index (χ0n) is 8.38. The first-order valence-electron chi connectivity index (χ1n) is 4.68. The average molecular weight is 189 g/mol. The van der Waals surface area contributed by atoms with Crippen LogP contribution in [0.5, 0.6) is 0 Å². The molecule has 0 aliphatic heterocycles. The van der Waals surface area contributed by atoms with E-state index in [2.05, 4.69) is 11.8 Å². The number of benzene rings is 1. The van der Waals surface area contributed by atoms with E-state index in [0.717, 1.165) is 16.7 Å². The molecule has 0 fully saturated rings. The highest BCUT2D eigenvalue weighted by Gasteiger charge is 1.99. The van der Waals surface area contributed by atoms with Crippen molar-refractivity contribution < 1.29 is 5.11 Å². The first kappa shape index (κ1) is 10.8. The zero-order chi connectivity index (χ0) is 10.4. The molecule has 0 unspecified atom stereocenters. The Morgan fingerprint density at radius 1 is 1.43 bits per heavy atom. The van der Waals surface area contributed by atoms with Gasteiger partial charge in [-0.05, 0) is 24.1 Å². The SMILES string of the molecule is Cc1c(C#CCCN)cccc1CO. The van der Waals surface area contributed by atoms with E-state index in [-0.39, 0.29) is 6.61 Å². The number of aliphatic hydroxyl groups is 1. The molecule has 0 spiro atoms. The van der Waals surface area contributed by atoms with Crippen LogP contribution in [-0.2, 0) is 6.61 Å². The van der Waals surface area contributed by atoms with E-state index < -0.39 is 0 Å². The van der Waals surface area contributed by atoms with Crippen LogP contribution in [0.3, 0.4) is 0 Å². The maximum absolute atomic E-state index is 9.05. The molecule has 1 aromatic carbocycles. The normalized spacial score (nSPS) is 9.36. The van der Waals surface area contributed by atoms with E-state index in [1.165, 1.54) is 0 Å². The Balaban J connectivity index is 2.94. The number of hydrogen-bond acceptors (Lipinski definition) is 2. The molecule has 0 saturated carbocycles. The molecule has 0 heterocycles. The predicted octanol–water partition coefficient (Wildman–Crippen LogP) is 1.19. The minimum Gasteiger partial charge on any atom is -0.392 e. The van der Waals surface area contributed by atoms with E-state index >= 15 is 0 Å². The molecule has 74 valence electrons. The van der Waals surface area contributed by atoms with E-state index in [4.69, 9.17) is 10.8 Å². The minimum absolute atomic E-state index is 0.0677. The van der Waals surface area contributed by atoms with Crippen molar-refractivity contribution in [3.63, 3.8) is 0 Å². The Labute approximate surface area is 84.8 Å². The van der Waals surface area contributed by atoms with Gasteiger partial charge in [0.1, 0.15) is 0 Å². The third kappa shape index (κ3) is 2.59. The van der Waals surface area contributed by atoms with E-state index in [0.29, 0.717) is 13.0 Å². The maximum Gasteiger partial charge on any atom is 0.0684 e. The van der Waals surface area contributed by atoms with Crippen LogP contribution in [0.2, 0.25) is 0 Å². The van der Waals surface area contributed by atoms with Gasteiger partial charge in [0, 0.05) is 18.5 Å². The van der Waals surface area contributed by atoms with E-state index in [1.807, 2.05) is 25.1 Å². The van der Waals surface area contributed by atoms with Gasteiger partial charge in [-0.3, -0.25) is 0 Å². The molecular weight excluding hydrogens is 174 g/mol. The van der Waals surface area contributed by atoms with Gasteiger partial charge in [0.15, 0.2) is 0 Å². The van der Waals surface area contributed by atoms with Crippen LogP contribution in [-0.4, -0.2) is 11.7 Å². The fourth-order valence-electron chi connectivity index (χ4n) is 1.22. The summed E-state index contributed by atoms with van der Waals surface area (Å²) in [6.45, 7) is 2.63. The van der Waals surface area contributed by atoms with Crippen molar-refractivity contribution in [1.82, 2.24) is 0 Å². The van der Waals surface area contributed by atoms with Gasteiger partial charge in [-0.25, -0.2) is 0 Å². The van der Waals surface area contributed by atoms with E-state index in [1.54, 1.807) is 0 Å². The molecule has 1 rings (SSSR count). The lowest BCUT2D eigenvalue weighted by Crippen LogP contribution is -1.96. The molecular formula is C12H15NO. The van der Waals surface area contributed by atoms with Crippen LogP contribution in [0.1, 0.15) is 23.1 Å². The second-order valence-electron chi connectivity index (χ2n) is 3.09. The lowest BCUT2D eigenvalue weighted by molar-refractivity contribution is 0.281. The topological polar surface area (TPSA) is 46.2 Å². The fraction of sp³-hybridized carbons (Fsp3) is 0.333. The lowest BCUT2D eigenvalue weighted by Gasteiger charge is -2.03. The maximum atomic E-state index is 9.05. The van der Waals surface area contributed by atoms with Crippen molar-refractivity contribution in [1.29, 1.82) is 0 Å². The molecule has 0 radical (unpaired) electrons. The first-order chi connectivity index (χ1) is 6.79. The largest absolute Gasteiger partial charge is 0.392 e. The van der Waals surface area contributed by atoms with Gasteiger partial charge in [-0.2, -0.15) is 0 Å². The predicted molar refractivity (Wildman–Crippen MR) is 57.7 cm³/mol. The Morgan fingerprint density at radius 2 is 2.21 bits per heavy atom. The van der Waals surface area contributed by atoms with Gasteiger partial charge in [0.2, 0.25) is 0 Å². The minimum atomic E-state index is 0.0677. The summed E-state index contributed by atoms with van der Waals surface area (Å²) in [7, 11) is 0. The highest BCUT2D eigenvalue weighted by atomic mass is 16.3. The number of aliphatic hydroxyl groups excluding tert-OH is 1. The summed E-state index contributed by atoms with van der Waals surface area (Å²) in [4.78, 5) is 0. The Hall–Kier alpha value is -1.30. The molecule has 14 heavy (non-hydrogen) atoms. The van der Waals surface area contributed by atoms with Gasteiger partial charge >= 0.3 is 0 Å². The smallest absolute Gasteiger partial charge is 0.0684 e. The van der Waals surface area contributed by atoms with Crippen molar-refractivity contribution in [3.8, 4) is 11.8 Å². The molecule has 1 aromatic rings. The van der Waals surface area contributed by atoms with Crippen LogP contribution in [0.25, 0.3) is 0 Å². The Kier molecular flexibility index (Phi) is 4.18. The van der Waals surface area contributed by atoms with Crippen LogP contribution < -0.4 is 5.73 Å². The number of rotatable bonds is 2. The van der Waals surface area contributed by atoms with Crippen molar-refractivity contribution >= 4 is 0 Å². The van der Waals surface area contributed by atoms with Crippen LogP contribution >= 0.6 is 0 Å². The van der Waals surface area contributed by atoms with Crippen LogP contribution in [0.15, 0.2) is 18.2 Å². The van der Waals surface area contributed by atoms with Crippen molar-refractivity contribution in [3.05, 3.63) is 34.9 Å².